The van der Waals surface area contributed by atoms with Crippen LogP contribution < -0.4 is 0 Å². The maximum Gasteiger partial charge on any atom is 0.0707 e. The molecule has 6 atom stereocenters. The van der Waals surface area contributed by atoms with E-state index in [0.29, 0.717) is 0 Å². The quantitative estimate of drug-likeness (QED) is 0.603. The van der Waals surface area contributed by atoms with Crippen molar-refractivity contribution in [2.24, 2.45) is 29.6 Å². The van der Waals surface area contributed by atoms with Crippen LogP contribution in [0, 0.1) is 29.6 Å². The second-order valence-electron chi connectivity index (χ2n) is 5.70. The number of methoxy groups -OCH3 is 1. The Morgan fingerprint density at radius 2 is 1.85 bits per heavy atom. The highest BCUT2D eigenvalue weighted by Crippen LogP contribution is 2.67. The van der Waals surface area contributed by atoms with Crippen molar-refractivity contribution in [1.82, 2.24) is 0 Å². The van der Waals surface area contributed by atoms with Crippen molar-refractivity contribution >= 4 is 0 Å². The number of hydrogen-bond donors (Lipinski definition) is 0. The van der Waals surface area contributed by atoms with Gasteiger partial charge in [-0.3, -0.25) is 0 Å². The van der Waals surface area contributed by atoms with Crippen LogP contribution in [-0.2, 0) is 4.74 Å². The monoisotopic (exact) mass is 180 g/mol. The highest BCUT2D eigenvalue weighted by Gasteiger charge is 2.64. The highest BCUT2D eigenvalue weighted by atomic mass is 16.5. The van der Waals surface area contributed by atoms with Crippen LogP contribution in [0.25, 0.3) is 0 Å². The van der Waals surface area contributed by atoms with Gasteiger partial charge in [-0.2, -0.15) is 0 Å². The SMILES string of the molecule is COC1(C)C(C)CC2CC3CC1C23. The molecule has 6 unspecified atom stereocenters. The van der Waals surface area contributed by atoms with Crippen molar-refractivity contribution in [3.8, 4) is 0 Å². The molecule has 3 aliphatic rings. The summed E-state index contributed by atoms with van der Waals surface area (Å²) in [6.07, 6.45) is 4.41. The Hall–Kier alpha value is -0.0400. The molecule has 0 aliphatic heterocycles. The Labute approximate surface area is 80.8 Å². The molecule has 0 amide bonds. The first kappa shape index (κ1) is 8.28. The molecule has 3 rings (SSSR count). The minimum atomic E-state index is 0.206. The van der Waals surface area contributed by atoms with Gasteiger partial charge in [-0.1, -0.05) is 6.92 Å². The van der Waals surface area contributed by atoms with Gasteiger partial charge in [-0.05, 0) is 55.8 Å². The van der Waals surface area contributed by atoms with Gasteiger partial charge < -0.3 is 4.74 Å². The summed E-state index contributed by atoms with van der Waals surface area (Å²) in [5, 5.41) is 0. The first-order valence-electron chi connectivity index (χ1n) is 5.72. The van der Waals surface area contributed by atoms with Crippen LogP contribution >= 0.6 is 0 Å². The van der Waals surface area contributed by atoms with E-state index in [9.17, 15) is 0 Å². The average Bonchev–Trinajstić information content (AvgIpc) is 2.07. The van der Waals surface area contributed by atoms with Crippen LogP contribution in [0.2, 0.25) is 0 Å². The molecule has 74 valence electrons. The van der Waals surface area contributed by atoms with E-state index in [2.05, 4.69) is 13.8 Å². The molecular weight excluding hydrogens is 160 g/mol. The van der Waals surface area contributed by atoms with E-state index in [0.717, 1.165) is 29.6 Å². The lowest BCUT2D eigenvalue weighted by molar-refractivity contribution is -0.245. The zero-order valence-corrected chi connectivity index (χ0v) is 8.92. The van der Waals surface area contributed by atoms with Gasteiger partial charge in [0.2, 0.25) is 0 Å². The summed E-state index contributed by atoms with van der Waals surface area (Å²) >= 11 is 0. The minimum Gasteiger partial charge on any atom is -0.378 e. The van der Waals surface area contributed by atoms with Crippen LogP contribution in [0.4, 0.5) is 0 Å². The van der Waals surface area contributed by atoms with Crippen LogP contribution in [0.15, 0.2) is 0 Å². The fourth-order valence-corrected chi connectivity index (χ4v) is 4.37. The van der Waals surface area contributed by atoms with E-state index in [1.54, 1.807) is 0 Å². The summed E-state index contributed by atoms with van der Waals surface area (Å²) < 4.78 is 5.79. The molecule has 0 radical (unpaired) electrons. The maximum atomic E-state index is 5.79. The fourth-order valence-electron chi connectivity index (χ4n) is 4.37. The number of ether oxygens (including phenoxy) is 1. The van der Waals surface area contributed by atoms with Gasteiger partial charge in [0.05, 0.1) is 5.60 Å². The van der Waals surface area contributed by atoms with Gasteiger partial charge in [0.25, 0.3) is 0 Å². The average molecular weight is 180 g/mol. The van der Waals surface area contributed by atoms with E-state index in [1.807, 2.05) is 7.11 Å². The third-order valence-corrected chi connectivity index (χ3v) is 5.53. The molecule has 13 heavy (non-hydrogen) atoms. The summed E-state index contributed by atoms with van der Waals surface area (Å²) in [5.74, 6) is 4.88. The molecule has 0 aromatic heterocycles. The van der Waals surface area contributed by atoms with Crippen molar-refractivity contribution in [1.29, 1.82) is 0 Å². The maximum absolute atomic E-state index is 5.79. The van der Waals surface area contributed by atoms with Crippen molar-refractivity contribution in [3.05, 3.63) is 0 Å². The second-order valence-corrected chi connectivity index (χ2v) is 5.70. The molecule has 0 N–H and O–H groups in total. The van der Waals surface area contributed by atoms with Crippen molar-refractivity contribution in [3.63, 3.8) is 0 Å². The summed E-state index contributed by atoms with van der Waals surface area (Å²) in [6.45, 7) is 4.72. The Kier molecular flexibility index (Phi) is 1.47. The smallest absolute Gasteiger partial charge is 0.0707 e. The lowest BCUT2D eigenvalue weighted by Gasteiger charge is -2.68. The van der Waals surface area contributed by atoms with Crippen molar-refractivity contribution in [2.45, 2.75) is 38.7 Å². The van der Waals surface area contributed by atoms with Crippen LogP contribution in [0.1, 0.15) is 33.1 Å². The van der Waals surface area contributed by atoms with Gasteiger partial charge in [-0.15, -0.1) is 0 Å². The van der Waals surface area contributed by atoms with E-state index >= 15 is 0 Å². The van der Waals surface area contributed by atoms with E-state index in [1.165, 1.54) is 19.3 Å². The highest BCUT2D eigenvalue weighted by molar-refractivity contribution is 5.13. The Morgan fingerprint density at radius 3 is 2.46 bits per heavy atom. The molecule has 0 heterocycles. The molecule has 1 nitrogen and oxygen atoms in total. The van der Waals surface area contributed by atoms with Gasteiger partial charge in [0.15, 0.2) is 0 Å². The zero-order chi connectivity index (χ0) is 9.22. The first-order chi connectivity index (χ1) is 6.16. The number of rotatable bonds is 1. The molecule has 0 spiro atoms. The van der Waals surface area contributed by atoms with Crippen molar-refractivity contribution in [2.75, 3.05) is 7.11 Å². The Balaban J connectivity index is 1.88. The molecule has 3 fully saturated rings. The third-order valence-electron chi connectivity index (χ3n) is 5.53. The largest absolute Gasteiger partial charge is 0.378 e. The third kappa shape index (κ3) is 0.782. The lowest BCUT2D eigenvalue weighted by Crippen LogP contribution is -2.66. The van der Waals surface area contributed by atoms with Crippen LogP contribution in [0.5, 0.6) is 0 Å². The predicted molar refractivity (Wildman–Crippen MR) is 52.4 cm³/mol. The van der Waals surface area contributed by atoms with Gasteiger partial charge in [0, 0.05) is 7.11 Å². The normalized spacial score (nSPS) is 63.5. The molecular formula is C12H20O. The van der Waals surface area contributed by atoms with Gasteiger partial charge >= 0.3 is 0 Å². The Bertz CT molecular complexity index is 237. The Morgan fingerprint density at radius 1 is 1.15 bits per heavy atom. The second kappa shape index (κ2) is 2.31. The summed E-state index contributed by atoms with van der Waals surface area (Å²) in [4.78, 5) is 0. The first-order valence-corrected chi connectivity index (χ1v) is 5.72. The molecule has 3 saturated carbocycles. The molecule has 0 aromatic carbocycles. The number of hydrogen-bond acceptors (Lipinski definition) is 1. The standard InChI is InChI=1S/C12H20O/c1-7-4-8-5-9-6-10(11(8)9)12(7,2)13-3/h7-11H,4-6H2,1-3H3. The predicted octanol–water partition coefficient (Wildman–Crippen LogP) is 2.70. The molecule has 0 aromatic rings. The summed E-state index contributed by atoms with van der Waals surface area (Å²) in [6, 6.07) is 0. The van der Waals surface area contributed by atoms with E-state index in [4.69, 9.17) is 4.74 Å². The van der Waals surface area contributed by atoms with Crippen LogP contribution in [0.3, 0.4) is 0 Å². The topological polar surface area (TPSA) is 9.23 Å². The summed E-state index contributed by atoms with van der Waals surface area (Å²) in [5.41, 5.74) is 0.206. The molecule has 3 aliphatic carbocycles. The van der Waals surface area contributed by atoms with Gasteiger partial charge in [0.1, 0.15) is 0 Å². The van der Waals surface area contributed by atoms with Gasteiger partial charge in [-0.25, -0.2) is 0 Å². The zero-order valence-electron chi connectivity index (χ0n) is 8.92. The minimum absolute atomic E-state index is 0.206. The fraction of sp³-hybridized carbons (Fsp3) is 1.00. The van der Waals surface area contributed by atoms with E-state index in [-0.39, 0.29) is 5.60 Å². The van der Waals surface area contributed by atoms with E-state index < -0.39 is 0 Å². The lowest BCUT2D eigenvalue weighted by atomic mass is 9.39. The van der Waals surface area contributed by atoms with Crippen molar-refractivity contribution < 1.29 is 4.74 Å². The molecule has 1 heteroatoms. The molecule has 0 saturated heterocycles. The molecule has 0 bridgehead atoms. The summed E-state index contributed by atoms with van der Waals surface area (Å²) in [7, 11) is 1.91. The van der Waals surface area contributed by atoms with Crippen LogP contribution in [-0.4, -0.2) is 12.7 Å².